The van der Waals surface area contributed by atoms with Gasteiger partial charge in [-0.25, -0.2) is 4.98 Å². The van der Waals surface area contributed by atoms with Crippen molar-refractivity contribution in [1.29, 1.82) is 0 Å². The molecule has 0 saturated heterocycles. The number of rotatable bonds is 5. The van der Waals surface area contributed by atoms with Crippen LogP contribution in [0.2, 0.25) is 0 Å². The standard InChI is InChI=1S/C11H14N2OS/c1-9(11-13-4-6-15-11)7-12-8-10-3-2-5-14-10/h2-6,9,12H,7-8H2,1H3. The molecule has 4 heteroatoms. The highest BCUT2D eigenvalue weighted by Crippen LogP contribution is 2.16. The van der Waals surface area contributed by atoms with E-state index in [4.69, 9.17) is 4.42 Å². The number of nitrogens with one attached hydrogen (secondary N) is 1. The Morgan fingerprint density at radius 2 is 2.53 bits per heavy atom. The molecule has 0 aliphatic carbocycles. The smallest absolute Gasteiger partial charge is 0.117 e. The summed E-state index contributed by atoms with van der Waals surface area (Å²) in [6.07, 6.45) is 3.55. The van der Waals surface area contributed by atoms with Crippen LogP contribution in [0.4, 0.5) is 0 Å². The second kappa shape index (κ2) is 5.09. The highest BCUT2D eigenvalue weighted by atomic mass is 32.1. The second-order valence-electron chi connectivity index (χ2n) is 3.48. The van der Waals surface area contributed by atoms with E-state index in [1.165, 1.54) is 5.01 Å². The molecule has 0 bridgehead atoms. The zero-order valence-electron chi connectivity index (χ0n) is 8.64. The topological polar surface area (TPSA) is 38.1 Å². The molecule has 15 heavy (non-hydrogen) atoms. The van der Waals surface area contributed by atoms with Gasteiger partial charge in [-0.1, -0.05) is 6.92 Å². The summed E-state index contributed by atoms with van der Waals surface area (Å²) in [6.45, 7) is 3.88. The molecule has 2 rings (SSSR count). The third-order valence-corrected chi connectivity index (χ3v) is 3.21. The van der Waals surface area contributed by atoms with Crippen LogP contribution in [-0.4, -0.2) is 11.5 Å². The van der Waals surface area contributed by atoms with E-state index >= 15 is 0 Å². The van der Waals surface area contributed by atoms with E-state index in [1.807, 2.05) is 23.7 Å². The summed E-state index contributed by atoms with van der Waals surface area (Å²) in [6, 6.07) is 3.88. The predicted molar refractivity (Wildman–Crippen MR) is 60.9 cm³/mol. The highest BCUT2D eigenvalue weighted by molar-refractivity contribution is 7.09. The Hall–Kier alpha value is -1.13. The quantitative estimate of drug-likeness (QED) is 0.845. The Balaban J connectivity index is 1.74. The molecule has 2 heterocycles. The Morgan fingerprint density at radius 3 is 3.20 bits per heavy atom. The molecule has 0 radical (unpaired) electrons. The van der Waals surface area contributed by atoms with Gasteiger partial charge < -0.3 is 9.73 Å². The van der Waals surface area contributed by atoms with Crippen LogP contribution in [-0.2, 0) is 6.54 Å². The average molecular weight is 222 g/mol. The molecule has 0 aromatic carbocycles. The van der Waals surface area contributed by atoms with Gasteiger partial charge in [-0.2, -0.15) is 0 Å². The van der Waals surface area contributed by atoms with E-state index in [0.717, 1.165) is 18.8 Å². The van der Waals surface area contributed by atoms with E-state index in [-0.39, 0.29) is 0 Å². The molecular weight excluding hydrogens is 208 g/mol. The van der Waals surface area contributed by atoms with Crippen LogP contribution in [0.25, 0.3) is 0 Å². The predicted octanol–water partition coefficient (Wildman–Crippen LogP) is 2.63. The van der Waals surface area contributed by atoms with Crippen molar-refractivity contribution < 1.29 is 4.42 Å². The third kappa shape index (κ3) is 2.91. The Labute approximate surface area is 93.2 Å². The van der Waals surface area contributed by atoms with Crippen molar-refractivity contribution in [1.82, 2.24) is 10.3 Å². The normalized spacial score (nSPS) is 12.9. The van der Waals surface area contributed by atoms with Crippen LogP contribution in [0.5, 0.6) is 0 Å². The number of nitrogens with zero attached hydrogens (tertiary/aromatic N) is 1. The van der Waals surface area contributed by atoms with Gasteiger partial charge in [0.1, 0.15) is 5.76 Å². The lowest BCUT2D eigenvalue weighted by Gasteiger charge is -2.08. The minimum Gasteiger partial charge on any atom is -0.468 e. The van der Waals surface area contributed by atoms with Gasteiger partial charge in [0.15, 0.2) is 0 Å². The largest absolute Gasteiger partial charge is 0.468 e. The van der Waals surface area contributed by atoms with Crippen molar-refractivity contribution in [3.63, 3.8) is 0 Å². The van der Waals surface area contributed by atoms with Crippen molar-refractivity contribution in [3.05, 3.63) is 40.7 Å². The van der Waals surface area contributed by atoms with Crippen molar-refractivity contribution in [3.8, 4) is 0 Å². The zero-order valence-corrected chi connectivity index (χ0v) is 9.46. The molecule has 0 fully saturated rings. The van der Waals surface area contributed by atoms with E-state index in [1.54, 1.807) is 17.6 Å². The lowest BCUT2D eigenvalue weighted by Crippen LogP contribution is -2.19. The van der Waals surface area contributed by atoms with Crippen LogP contribution >= 0.6 is 11.3 Å². The van der Waals surface area contributed by atoms with E-state index < -0.39 is 0 Å². The monoisotopic (exact) mass is 222 g/mol. The van der Waals surface area contributed by atoms with Gasteiger partial charge in [-0.05, 0) is 12.1 Å². The second-order valence-corrected chi connectivity index (χ2v) is 4.41. The van der Waals surface area contributed by atoms with E-state index in [9.17, 15) is 0 Å². The summed E-state index contributed by atoms with van der Waals surface area (Å²) in [5, 5.41) is 6.54. The summed E-state index contributed by atoms with van der Waals surface area (Å²) >= 11 is 1.70. The summed E-state index contributed by atoms with van der Waals surface area (Å²) in [5.41, 5.74) is 0. The molecule has 2 aromatic heterocycles. The van der Waals surface area contributed by atoms with Gasteiger partial charge in [-0.3, -0.25) is 0 Å². The Morgan fingerprint density at radius 1 is 1.60 bits per heavy atom. The molecule has 0 saturated carbocycles. The Kier molecular flexibility index (Phi) is 3.53. The average Bonchev–Trinajstić information content (AvgIpc) is 2.90. The molecule has 0 aliphatic heterocycles. The number of aromatic nitrogens is 1. The number of thiazole rings is 1. The fraction of sp³-hybridized carbons (Fsp3) is 0.364. The van der Waals surface area contributed by atoms with E-state index in [0.29, 0.717) is 5.92 Å². The van der Waals surface area contributed by atoms with Gasteiger partial charge >= 0.3 is 0 Å². The molecule has 1 atom stereocenters. The molecule has 2 aromatic rings. The van der Waals surface area contributed by atoms with Gasteiger partial charge in [0, 0.05) is 24.0 Å². The molecule has 0 amide bonds. The SMILES string of the molecule is CC(CNCc1ccco1)c1nccs1. The van der Waals surface area contributed by atoms with Crippen LogP contribution in [0.15, 0.2) is 34.4 Å². The minimum absolute atomic E-state index is 0.458. The van der Waals surface area contributed by atoms with Gasteiger partial charge in [0.05, 0.1) is 17.8 Å². The lowest BCUT2D eigenvalue weighted by atomic mass is 10.2. The van der Waals surface area contributed by atoms with Crippen LogP contribution in [0, 0.1) is 0 Å². The van der Waals surface area contributed by atoms with Crippen molar-refractivity contribution in [2.75, 3.05) is 6.54 Å². The van der Waals surface area contributed by atoms with Crippen LogP contribution < -0.4 is 5.32 Å². The first-order valence-corrected chi connectivity index (χ1v) is 5.86. The first-order valence-electron chi connectivity index (χ1n) is 4.99. The maximum Gasteiger partial charge on any atom is 0.117 e. The molecule has 1 unspecified atom stereocenters. The van der Waals surface area contributed by atoms with Crippen molar-refractivity contribution in [2.24, 2.45) is 0 Å². The lowest BCUT2D eigenvalue weighted by molar-refractivity contribution is 0.476. The van der Waals surface area contributed by atoms with Gasteiger partial charge in [0.25, 0.3) is 0 Å². The van der Waals surface area contributed by atoms with E-state index in [2.05, 4.69) is 17.2 Å². The third-order valence-electron chi connectivity index (χ3n) is 2.20. The molecule has 0 aliphatic rings. The summed E-state index contributed by atoms with van der Waals surface area (Å²) in [4.78, 5) is 4.29. The molecular formula is C11H14N2OS. The molecule has 0 spiro atoms. The van der Waals surface area contributed by atoms with Crippen LogP contribution in [0.1, 0.15) is 23.6 Å². The first kappa shape index (κ1) is 10.4. The van der Waals surface area contributed by atoms with Gasteiger partial charge in [0.2, 0.25) is 0 Å². The van der Waals surface area contributed by atoms with Gasteiger partial charge in [-0.15, -0.1) is 11.3 Å². The fourth-order valence-corrected chi connectivity index (χ4v) is 2.09. The molecule has 3 nitrogen and oxygen atoms in total. The fourth-order valence-electron chi connectivity index (χ4n) is 1.39. The minimum atomic E-state index is 0.458. The van der Waals surface area contributed by atoms with Crippen LogP contribution in [0.3, 0.4) is 0 Å². The first-order chi connectivity index (χ1) is 7.36. The summed E-state index contributed by atoms with van der Waals surface area (Å²) in [7, 11) is 0. The zero-order chi connectivity index (χ0) is 10.5. The van der Waals surface area contributed by atoms with Crippen molar-refractivity contribution >= 4 is 11.3 Å². The maximum absolute atomic E-state index is 5.23. The Bertz CT molecular complexity index is 369. The highest BCUT2D eigenvalue weighted by Gasteiger charge is 2.07. The number of hydrogen-bond acceptors (Lipinski definition) is 4. The molecule has 80 valence electrons. The summed E-state index contributed by atoms with van der Waals surface area (Å²) < 4.78 is 5.23. The number of hydrogen-bond donors (Lipinski definition) is 1. The maximum atomic E-state index is 5.23. The number of furan rings is 1. The summed E-state index contributed by atoms with van der Waals surface area (Å²) in [5.74, 6) is 1.43. The van der Waals surface area contributed by atoms with Crippen molar-refractivity contribution in [2.45, 2.75) is 19.4 Å². The molecule has 1 N–H and O–H groups in total.